The van der Waals surface area contributed by atoms with E-state index in [0.717, 1.165) is 28.7 Å². The van der Waals surface area contributed by atoms with Crippen LogP contribution in [0.25, 0.3) is 0 Å². The zero-order valence-electron chi connectivity index (χ0n) is 14.6. The summed E-state index contributed by atoms with van der Waals surface area (Å²) in [5.74, 6) is -1.05. The molecule has 0 aliphatic carbocycles. The van der Waals surface area contributed by atoms with E-state index < -0.39 is 5.97 Å². The summed E-state index contributed by atoms with van der Waals surface area (Å²) in [6.45, 7) is 4.32. The average molecular weight is 421 g/mol. The predicted molar refractivity (Wildman–Crippen MR) is 103 cm³/mol. The molecule has 0 spiro atoms. The molecule has 1 aliphatic heterocycles. The van der Waals surface area contributed by atoms with Crippen LogP contribution in [0.1, 0.15) is 24.1 Å². The van der Waals surface area contributed by atoms with Gasteiger partial charge < -0.3 is 5.11 Å². The molecule has 0 aromatic heterocycles. The quantitative estimate of drug-likeness (QED) is 0.799. The zero-order valence-corrected chi connectivity index (χ0v) is 16.2. The molecule has 0 radical (unpaired) electrons. The van der Waals surface area contributed by atoms with Crippen LogP contribution in [0, 0.1) is 5.82 Å². The minimum absolute atomic E-state index is 0.00234. The minimum atomic E-state index is -0.799. The molecule has 6 heteroatoms. The van der Waals surface area contributed by atoms with Crippen molar-refractivity contribution in [1.29, 1.82) is 0 Å². The van der Waals surface area contributed by atoms with Gasteiger partial charge in [0.1, 0.15) is 5.82 Å². The maximum atomic E-state index is 13.4. The van der Waals surface area contributed by atoms with E-state index in [4.69, 9.17) is 5.11 Å². The molecule has 1 aliphatic rings. The second-order valence-electron chi connectivity index (χ2n) is 6.72. The monoisotopic (exact) mass is 420 g/mol. The van der Waals surface area contributed by atoms with Crippen molar-refractivity contribution in [1.82, 2.24) is 9.80 Å². The molecule has 1 fully saturated rings. The standard InChI is InChI=1S/C20H22BrFN2O2/c1-14-12-24(10-9-23(14)13-19(25)26)20(15-5-7-18(22)8-6-15)16-3-2-4-17(21)11-16/h2-8,11,14,20H,9-10,12-13H2,1H3,(H,25,26)/t14-,20?/m1/s1. The van der Waals surface area contributed by atoms with Gasteiger partial charge in [-0.05, 0) is 42.3 Å². The molecule has 2 aromatic rings. The first-order valence-corrected chi connectivity index (χ1v) is 9.44. The average Bonchev–Trinajstić information content (AvgIpc) is 2.59. The van der Waals surface area contributed by atoms with E-state index in [-0.39, 0.29) is 24.4 Å². The third-order valence-electron chi connectivity index (χ3n) is 4.85. The molecule has 1 unspecified atom stereocenters. The van der Waals surface area contributed by atoms with Crippen molar-refractivity contribution >= 4 is 21.9 Å². The summed E-state index contributed by atoms with van der Waals surface area (Å²) < 4.78 is 14.4. The topological polar surface area (TPSA) is 43.8 Å². The third kappa shape index (κ3) is 4.50. The number of carbonyl (C=O) groups is 1. The Hall–Kier alpha value is -1.76. The molecular weight excluding hydrogens is 399 g/mol. The van der Waals surface area contributed by atoms with Crippen molar-refractivity contribution in [3.05, 3.63) is 69.9 Å². The molecule has 26 heavy (non-hydrogen) atoms. The van der Waals surface area contributed by atoms with Crippen LogP contribution in [-0.2, 0) is 4.79 Å². The fraction of sp³-hybridized carbons (Fsp3) is 0.350. The summed E-state index contributed by atoms with van der Waals surface area (Å²) in [4.78, 5) is 15.4. The molecule has 0 saturated carbocycles. The van der Waals surface area contributed by atoms with E-state index >= 15 is 0 Å². The molecule has 1 N–H and O–H groups in total. The van der Waals surface area contributed by atoms with Crippen LogP contribution in [0.15, 0.2) is 53.0 Å². The number of rotatable bonds is 5. The molecule has 138 valence electrons. The predicted octanol–water partition coefficient (Wildman–Crippen LogP) is 3.77. The number of piperazine rings is 1. The number of hydrogen-bond acceptors (Lipinski definition) is 3. The Morgan fingerprint density at radius 2 is 1.96 bits per heavy atom. The number of nitrogens with zero attached hydrogens (tertiary/aromatic N) is 2. The van der Waals surface area contributed by atoms with E-state index in [2.05, 4.69) is 39.9 Å². The number of halogens is 2. The van der Waals surface area contributed by atoms with Crippen LogP contribution in [0.4, 0.5) is 4.39 Å². The highest BCUT2D eigenvalue weighted by Gasteiger charge is 2.31. The lowest BCUT2D eigenvalue weighted by atomic mass is 9.95. The summed E-state index contributed by atoms with van der Waals surface area (Å²) in [5, 5.41) is 9.08. The first kappa shape index (κ1) is 19.0. The van der Waals surface area contributed by atoms with E-state index in [1.165, 1.54) is 12.1 Å². The summed E-state index contributed by atoms with van der Waals surface area (Å²) in [7, 11) is 0. The zero-order chi connectivity index (χ0) is 18.7. The van der Waals surface area contributed by atoms with Gasteiger partial charge in [-0.25, -0.2) is 4.39 Å². The van der Waals surface area contributed by atoms with Gasteiger partial charge in [0, 0.05) is 30.1 Å². The van der Waals surface area contributed by atoms with E-state index in [1.54, 1.807) is 0 Å². The normalized spacial score (nSPS) is 20.0. The van der Waals surface area contributed by atoms with Gasteiger partial charge in [0.2, 0.25) is 0 Å². The van der Waals surface area contributed by atoms with Gasteiger partial charge in [0.25, 0.3) is 0 Å². The fourth-order valence-corrected chi connectivity index (χ4v) is 4.02. The SMILES string of the molecule is C[C@@H]1CN(C(c2ccc(F)cc2)c2cccc(Br)c2)CCN1CC(=O)O. The van der Waals surface area contributed by atoms with Gasteiger partial charge >= 0.3 is 5.97 Å². The lowest BCUT2D eigenvalue weighted by Crippen LogP contribution is -2.54. The highest BCUT2D eigenvalue weighted by atomic mass is 79.9. The van der Waals surface area contributed by atoms with Gasteiger partial charge in [-0.1, -0.05) is 40.2 Å². The van der Waals surface area contributed by atoms with Gasteiger partial charge in [-0.2, -0.15) is 0 Å². The van der Waals surface area contributed by atoms with Crippen LogP contribution < -0.4 is 0 Å². The van der Waals surface area contributed by atoms with Crippen molar-refractivity contribution in [3.63, 3.8) is 0 Å². The van der Waals surface area contributed by atoms with Crippen LogP contribution in [0.3, 0.4) is 0 Å². The Balaban J connectivity index is 1.89. The Bertz CT molecular complexity index is 769. The highest BCUT2D eigenvalue weighted by Crippen LogP contribution is 2.32. The van der Waals surface area contributed by atoms with Crippen LogP contribution in [0.5, 0.6) is 0 Å². The smallest absolute Gasteiger partial charge is 0.317 e. The Labute approximate surface area is 161 Å². The molecule has 3 rings (SSSR count). The highest BCUT2D eigenvalue weighted by molar-refractivity contribution is 9.10. The molecule has 4 nitrogen and oxygen atoms in total. The molecule has 0 amide bonds. The Morgan fingerprint density at radius 3 is 2.58 bits per heavy atom. The minimum Gasteiger partial charge on any atom is -0.480 e. The van der Waals surface area contributed by atoms with Crippen LogP contribution in [-0.4, -0.2) is 53.1 Å². The molecule has 2 atom stereocenters. The molecule has 1 saturated heterocycles. The molecule has 0 bridgehead atoms. The Kier molecular flexibility index (Phi) is 6.06. The van der Waals surface area contributed by atoms with Gasteiger partial charge in [0.15, 0.2) is 0 Å². The second-order valence-corrected chi connectivity index (χ2v) is 7.63. The van der Waals surface area contributed by atoms with E-state index in [1.807, 2.05) is 29.2 Å². The number of carboxylic acids is 1. The first-order valence-electron chi connectivity index (χ1n) is 8.65. The summed E-state index contributed by atoms with van der Waals surface area (Å²) in [5.41, 5.74) is 2.16. The lowest BCUT2D eigenvalue weighted by molar-refractivity contribution is -0.139. The van der Waals surface area contributed by atoms with Crippen LogP contribution >= 0.6 is 15.9 Å². The maximum absolute atomic E-state index is 13.4. The van der Waals surface area contributed by atoms with Gasteiger partial charge in [0.05, 0.1) is 12.6 Å². The Morgan fingerprint density at radius 1 is 1.23 bits per heavy atom. The van der Waals surface area contributed by atoms with E-state index in [0.29, 0.717) is 6.54 Å². The molecule has 2 aromatic carbocycles. The van der Waals surface area contributed by atoms with Crippen molar-refractivity contribution < 1.29 is 14.3 Å². The third-order valence-corrected chi connectivity index (χ3v) is 5.34. The van der Waals surface area contributed by atoms with Crippen molar-refractivity contribution in [2.45, 2.75) is 19.0 Å². The number of benzene rings is 2. The summed E-state index contributed by atoms with van der Waals surface area (Å²) in [6.07, 6.45) is 0. The largest absolute Gasteiger partial charge is 0.480 e. The van der Waals surface area contributed by atoms with Gasteiger partial charge in [-0.15, -0.1) is 0 Å². The maximum Gasteiger partial charge on any atom is 0.317 e. The summed E-state index contributed by atoms with van der Waals surface area (Å²) >= 11 is 3.54. The second kappa shape index (κ2) is 8.29. The number of hydrogen-bond donors (Lipinski definition) is 1. The lowest BCUT2D eigenvalue weighted by Gasteiger charge is -2.43. The van der Waals surface area contributed by atoms with Crippen molar-refractivity contribution in [3.8, 4) is 0 Å². The van der Waals surface area contributed by atoms with Crippen molar-refractivity contribution in [2.75, 3.05) is 26.2 Å². The first-order chi connectivity index (χ1) is 12.4. The number of aliphatic carboxylic acids is 1. The van der Waals surface area contributed by atoms with E-state index in [9.17, 15) is 9.18 Å². The van der Waals surface area contributed by atoms with Crippen LogP contribution in [0.2, 0.25) is 0 Å². The summed E-state index contributed by atoms with van der Waals surface area (Å²) in [6, 6.07) is 14.9. The van der Waals surface area contributed by atoms with Crippen molar-refractivity contribution in [2.24, 2.45) is 0 Å². The fourth-order valence-electron chi connectivity index (χ4n) is 3.60. The number of carboxylic acid groups (broad SMARTS) is 1. The van der Waals surface area contributed by atoms with Gasteiger partial charge in [-0.3, -0.25) is 14.6 Å². The molecular formula is C20H22BrFN2O2. The molecule has 1 heterocycles.